The molecule has 0 spiro atoms. The van der Waals surface area contributed by atoms with Gasteiger partial charge in [-0.25, -0.2) is 4.98 Å². The minimum absolute atomic E-state index is 0.0354. The maximum absolute atomic E-state index is 12.1. The van der Waals surface area contributed by atoms with Crippen molar-refractivity contribution in [3.63, 3.8) is 0 Å². The van der Waals surface area contributed by atoms with Crippen molar-refractivity contribution in [2.24, 2.45) is 0 Å². The zero-order chi connectivity index (χ0) is 25.5. The number of esters is 1. The lowest BCUT2D eigenvalue weighted by Gasteiger charge is -2.08. The van der Waals surface area contributed by atoms with Crippen LogP contribution in [0.4, 0.5) is 5.69 Å². The third-order valence-electron chi connectivity index (χ3n) is 5.30. The molecule has 3 N–H and O–H groups in total. The molecule has 9 nitrogen and oxygen atoms in total. The molecule has 0 aliphatic rings. The van der Waals surface area contributed by atoms with Gasteiger partial charge in [0.2, 0.25) is 5.91 Å². The van der Waals surface area contributed by atoms with Crippen molar-refractivity contribution in [1.29, 1.82) is 0 Å². The molecule has 0 saturated heterocycles. The number of unbranched alkanes of at least 4 members (excludes halogenated alkanes) is 7. The molecule has 0 aliphatic heterocycles. The topological polar surface area (TPSA) is 127 Å². The number of anilines is 1. The highest BCUT2D eigenvalue weighted by atomic mass is 16.5. The Morgan fingerprint density at radius 3 is 2.34 bits per heavy atom. The SMILES string of the molecule is COc1ccnc(C(=O)NCCCCCCCCCCC(=O)Oc2cccc(NC(C)=O)c2)c1O. The molecule has 9 heteroatoms. The molecule has 190 valence electrons. The normalized spacial score (nSPS) is 10.5. The summed E-state index contributed by atoms with van der Waals surface area (Å²) in [5, 5.41) is 15.4. The van der Waals surface area contributed by atoms with E-state index in [1.54, 1.807) is 24.3 Å². The summed E-state index contributed by atoms with van der Waals surface area (Å²) in [6.45, 7) is 1.95. The number of methoxy groups -OCH3 is 1. The van der Waals surface area contributed by atoms with E-state index in [1.165, 1.54) is 26.3 Å². The summed E-state index contributed by atoms with van der Waals surface area (Å²) >= 11 is 0. The number of benzene rings is 1. The van der Waals surface area contributed by atoms with Crippen LogP contribution in [0.15, 0.2) is 36.5 Å². The van der Waals surface area contributed by atoms with Crippen LogP contribution in [0.1, 0.15) is 75.2 Å². The quantitative estimate of drug-likeness (QED) is 0.191. The summed E-state index contributed by atoms with van der Waals surface area (Å²) in [5.41, 5.74) is 0.560. The molecule has 0 unspecified atom stereocenters. The van der Waals surface area contributed by atoms with Gasteiger partial charge in [0, 0.05) is 43.9 Å². The Morgan fingerprint density at radius 2 is 1.66 bits per heavy atom. The zero-order valence-electron chi connectivity index (χ0n) is 20.5. The van der Waals surface area contributed by atoms with E-state index in [0.717, 1.165) is 51.4 Å². The zero-order valence-corrected chi connectivity index (χ0v) is 20.5. The van der Waals surface area contributed by atoms with Crippen LogP contribution in [-0.4, -0.2) is 41.5 Å². The molecule has 0 bridgehead atoms. The molecule has 0 radical (unpaired) electrons. The van der Waals surface area contributed by atoms with E-state index in [-0.39, 0.29) is 29.1 Å². The first-order valence-corrected chi connectivity index (χ1v) is 12.0. The van der Waals surface area contributed by atoms with Gasteiger partial charge in [0.05, 0.1) is 7.11 Å². The standard InChI is InChI=1S/C26H35N3O6/c1-19(30)29-20-12-11-13-21(18-20)35-23(31)14-9-7-5-3-4-6-8-10-16-28-26(33)24-25(32)22(34-2)15-17-27-24/h11-13,15,17-18,32H,3-10,14,16H2,1-2H3,(H,28,33)(H,29,30). The van der Waals surface area contributed by atoms with E-state index in [1.807, 2.05) is 0 Å². The maximum Gasteiger partial charge on any atom is 0.311 e. The van der Waals surface area contributed by atoms with E-state index in [2.05, 4.69) is 15.6 Å². The molecule has 1 aromatic heterocycles. The Morgan fingerprint density at radius 1 is 0.971 bits per heavy atom. The molecule has 1 heterocycles. The molecule has 1 aromatic carbocycles. The third-order valence-corrected chi connectivity index (χ3v) is 5.30. The number of carbonyl (C=O) groups is 3. The number of hydrogen-bond donors (Lipinski definition) is 3. The average molecular weight is 486 g/mol. The summed E-state index contributed by atoms with van der Waals surface area (Å²) < 4.78 is 10.3. The molecule has 0 atom stereocenters. The van der Waals surface area contributed by atoms with Gasteiger partial charge >= 0.3 is 5.97 Å². The molecule has 2 rings (SSSR count). The fourth-order valence-corrected chi connectivity index (χ4v) is 3.53. The van der Waals surface area contributed by atoms with E-state index < -0.39 is 5.91 Å². The summed E-state index contributed by atoms with van der Waals surface area (Å²) in [6, 6.07) is 8.28. The first-order valence-electron chi connectivity index (χ1n) is 12.0. The van der Waals surface area contributed by atoms with Gasteiger partial charge in [-0.2, -0.15) is 0 Å². The van der Waals surface area contributed by atoms with Crippen LogP contribution in [0.2, 0.25) is 0 Å². The van der Waals surface area contributed by atoms with E-state index >= 15 is 0 Å². The predicted octanol–water partition coefficient (Wildman–Crippen LogP) is 4.60. The lowest BCUT2D eigenvalue weighted by Crippen LogP contribution is -2.25. The third kappa shape index (κ3) is 10.5. The first-order chi connectivity index (χ1) is 16.9. The smallest absolute Gasteiger partial charge is 0.311 e. The Labute approximate surface area is 206 Å². The largest absolute Gasteiger partial charge is 0.503 e. The second kappa shape index (κ2) is 15.3. The number of amides is 2. The van der Waals surface area contributed by atoms with Gasteiger partial charge in [0.25, 0.3) is 5.91 Å². The van der Waals surface area contributed by atoms with Crippen LogP contribution in [0.25, 0.3) is 0 Å². The van der Waals surface area contributed by atoms with Crippen molar-refractivity contribution < 1.29 is 29.0 Å². The second-order valence-corrected chi connectivity index (χ2v) is 8.23. The number of aromatic nitrogens is 1. The molecule has 0 fully saturated rings. The fraction of sp³-hybridized carbons (Fsp3) is 0.462. The molecule has 2 aromatic rings. The average Bonchev–Trinajstić information content (AvgIpc) is 2.82. The number of nitrogens with one attached hydrogen (secondary N) is 2. The van der Waals surface area contributed by atoms with Gasteiger partial charge in [0.1, 0.15) is 5.75 Å². The number of rotatable bonds is 15. The number of hydrogen-bond acceptors (Lipinski definition) is 7. The fourth-order valence-electron chi connectivity index (χ4n) is 3.53. The highest BCUT2D eigenvalue weighted by Gasteiger charge is 2.16. The molecular formula is C26H35N3O6. The Kier molecular flexibility index (Phi) is 12.1. The minimum Gasteiger partial charge on any atom is -0.503 e. The van der Waals surface area contributed by atoms with Crippen LogP contribution in [0.3, 0.4) is 0 Å². The lowest BCUT2D eigenvalue weighted by molar-refractivity contribution is -0.134. The molecule has 2 amide bonds. The summed E-state index contributed by atoms with van der Waals surface area (Å²) in [6.07, 6.45) is 9.72. The van der Waals surface area contributed by atoms with Crippen molar-refractivity contribution >= 4 is 23.5 Å². The first kappa shape index (κ1) is 27.6. The van der Waals surface area contributed by atoms with E-state index in [0.29, 0.717) is 24.4 Å². The van der Waals surface area contributed by atoms with Crippen molar-refractivity contribution in [3.8, 4) is 17.2 Å². The number of aromatic hydroxyl groups is 1. The maximum atomic E-state index is 12.1. The molecular weight excluding hydrogens is 450 g/mol. The molecule has 0 saturated carbocycles. The Balaban J connectivity index is 1.47. The molecule has 0 aliphatic carbocycles. The minimum atomic E-state index is -0.416. The van der Waals surface area contributed by atoms with Crippen molar-refractivity contribution in [2.75, 3.05) is 19.0 Å². The van der Waals surface area contributed by atoms with Gasteiger partial charge in [-0.15, -0.1) is 0 Å². The van der Waals surface area contributed by atoms with Crippen molar-refractivity contribution in [2.45, 2.75) is 64.7 Å². The molecule has 35 heavy (non-hydrogen) atoms. The summed E-state index contributed by atoms with van der Waals surface area (Å²) in [5.74, 6) is -0.477. The van der Waals surface area contributed by atoms with Crippen LogP contribution in [0, 0.1) is 0 Å². The highest BCUT2D eigenvalue weighted by Crippen LogP contribution is 2.27. The van der Waals surface area contributed by atoms with E-state index in [4.69, 9.17) is 9.47 Å². The van der Waals surface area contributed by atoms with Gasteiger partial charge < -0.3 is 25.2 Å². The number of nitrogens with zero attached hydrogens (tertiary/aromatic N) is 1. The number of carbonyl (C=O) groups excluding carboxylic acids is 3. The Hall–Kier alpha value is -3.62. The van der Waals surface area contributed by atoms with Crippen molar-refractivity contribution in [3.05, 3.63) is 42.2 Å². The summed E-state index contributed by atoms with van der Waals surface area (Å²) in [4.78, 5) is 39.2. The van der Waals surface area contributed by atoms with Gasteiger partial charge in [0.15, 0.2) is 17.2 Å². The van der Waals surface area contributed by atoms with E-state index in [9.17, 15) is 19.5 Å². The van der Waals surface area contributed by atoms with Crippen molar-refractivity contribution in [1.82, 2.24) is 10.3 Å². The monoisotopic (exact) mass is 485 g/mol. The highest BCUT2D eigenvalue weighted by molar-refractivity contribution is 5.95. The lowest BCUT2D eigenvalue weighted by atomic mass is 10.1. The van der Waals surface area contributed by atoms with Gasteiger partial charge in [-0.1, -0.05) is 44.6 Å². The number of ether oxygens (including phenoxy) is 2. The Bertz CT molecular complexity index is 979. The predicted molar refractivity (Wildman–Crippen MR) is 133 cm³/mol. The summed E-state index contributed by atoms with van der Waals surface area (Å²) in [7, 11) is 1.42. The number of pyridine rings is 1. The van der Waals surface area contributed by atoms with Gasteiger partial charge in [-0.05, 0) is 25.0 Å². The van der Waals surface area contributed by atoms with Crippen LogP contribution in [-0.2, 0) is 9.59 Å². The van der Waals surface area contributed by atoms with Gasteiger partial charge in [-0.3, -0.25) is 14.4 Å². The van der Waals surface area contributed by atoms with Crippen LogP contribution < -0.4 is 20.1 Å². The van der Waals surface area contributed by atoms with Crippen LogP contribution >= 0.6 is 0 Å². The van der Waals surface area contributed by atoms with Crippen LogP contribution in [0.5, 0.6) is 17.2 Å². The second-order valence-electron chi connectivity index (χ2n) is 8.23.